The predicted octanol–water partition coefficient (Wildman–Crippen LogP) is 5.18. The Morgan fingerprint density at radius 1 is 0.952 bits per heavy atom. The predicted molar refractivity (Wildman–Crippen MR) is 88.2 cm³/mol. The summed E-state index contributed by atoms with van der Waals surface area (Å²) in [5.41, 5.74) is 2.45. The highest BCUT2D eigenvalue weighted by Gasteiger charge is 2.22. The Morgan fingerprint density at radius 3 is 2.33 bits per heavy atom. The van der Waals surface area contributed by atoms with Crippen molar-refractivity contribution in [2.24, 2.45) is 0 Å². The fraction of sp³-hybridized carbons (Fsp3) is 0.333. The Morgan fingerprint density at radius 2 is 1.67 bits per heavy atom. The summed E-state index contributed by atoms with van der Waals surface area (Å²) in [6.07, 6.45) is 4.76. The fourth-order valence-electron chi connectivity index (χ4n) is 3.13. The van der Waals surface area contributed by atoms with Gasteiger partial charge >= 0.3 is 0 Å². The molecule has 0 unspecified atom stereocenters. The van der Waals surface area contributed by atoms with Crippen molar-refractivity contribution in [2.45, 2.75) is 37.6 Å². The number of nitrogens with one attached hydrogen (secondary N) is 1. The maximum absolute atomic E-state index is 9.45. The van der Waals surface area contributed by atoms with E-state index < -0.39 is 0 Å². The van der Waals surface area contributed by atoms with Crippen molar-refractivity contribution in [3.8, 4) is 5.75 Å². The highest BCUT2D eigenvalue weighted by Crippen LogP contribution is 2.34. The van der Waals surface area contributed by atoms with E-state index in [1.165, 1.54) is 18.4 Å². The molecule has 2 aromatic rings. The van der Waals surface area contributed by atoms with Crippen LogP contribution in [0.5, 0.6) is 5.75 Å². The summed E-state index contributed by atoms with van der Waals surface area (Å²) in [5, 5.41) is 13.4. The van der Waals surface area contributed by atoms with E-state index in [0.717, 1.165) is 18.5 Å². The first-order valence-electron chi connectivity index (χ1n) is 7.52. The summed E-state index contributed by atoms with van der Waals surface area (Å²) in [6, 6.07) is 16.6. The van der Waals surface area contributed by atoms with Crippen LogP contribution in [0.15, 0.2) is 48.5 Å². The van der Waals surface area contributed by atoms with Crippen molar-refractivity contribution < 1.29 is 5.11 Å². The monoisotopic (exact) mass is 301 g/mol. The van der Waals surface area contributed by atoms with Crippen molar-refractivity contribution in [3.63, 3.8) is 0 Å². The van der Waals surface area contributed by atoms with Crippen molar-refractivity contribution in [2.75, 3.05) is 5.32 Å². The molecule has 1 saturated carbocycles. The zero-order valence-electron chi connectivity index (χ0n) is 11.9. The van der Waals surface area contributed by atoms with E-state index in [1.807, 2.05) is 6.07 Å². The van der Waals surface area contributed by atoms with Gasteiger partial charge in [0, 0.05) is 11.7 Å². The minimum atomic E-state index is 0.134. The van der Waals surface area contributed by atoms with Crippen molar-refractivity contribution in [1.82, 2.24) is 0 Å². The lowest BCUT2D eigenvalue weighted by Crippen LogP contribution is -2.25. The molecule has 0 radical (unpaired) electrons. The largest absolute Gasteiger partial charge is 0.506 e. The number of anilines is 1. The smallest absolute Gasteiger partial charge is 0.134 e. The number of hydrogen-bond acceptors (Lipinski definition) is 2. The van der Waals surface area contributed by atoms with Gasteiger partial charge in [0.25, 0.3) is 0 Å². The first-order valence-corrected chi connectivity index (χ1v) is 7.90. The van der Waals surface area contributed by atoms with Crippen LogP contribution in [0, 0.1) is 0 Å². The molecule has 2 aromatic carbocycles. The molecule has 110 valence electrons. The van der Waals surface area contributed by atoms with Gasteiger partial charge in [-0.2, -0.15) is 0 Å². The fourth-order valence-corrected chi connectivity index (χ4v) is 3.31. The SMILES string of the molecule is Oc1ccc(NC2CCC(c3ccccc3)CC2)cc1Cl. The van der Waals surface area contributed by atoms with Crippen molar-refractivity contribution in [1.29, 1.82) is 0 Å². The van der Waals surface area contributed by atoms with E-state index in [2.05, 4.69) is 35.6 Å². The molecular formula is C18H20ClNO. The molecule has 3 rings (SSSR count). The molecule has 0 aliphatic heterocycles. The van der Waals surface area contributed by atoms with Crippen molar-refractivity contribution in [3.05, 3.63) is 59.1 Å². The Labute approximate surface area is 130 Å². The molecule has 0 heterocycles. The highest BCUT2D eigenvalue weighted by atomic mass is 35.5. The van der Waals surface area contributed by atoms with E-state index >= 15 is 0 Å². The molecule has 2 nitrogen and oxygen atoms in total. The minimum Gasteiger partial charge on any atom is -0.506 e. The van der Waals surface area contributed by atoms with Gasteiger partial charge in [-0.1, -0.05) is 41.9 Å². The van der Waals surface area contributed by atoms with Crippen molar-refractivity contribution >= 4 is 17.3 Å². The topological polar surface area (TPSA) is 32.3 Å². The second-order valence-corrected chi connectivity index (χ2v) is 6.18. The van der Waals surface area contributed by atoms with Crippen LogP contribution in [0.3, 0.4) is 0 Å². The number of aromatic hydroxyl groups is 1. The zero-order chi connectivity index (χ0) is 14.7. The Bertz CT molecular complexity index is 591. The Balaban J connectivity index is 1.57. The lowest BCUT2D eigenvalue weighted by Gasteiger charge is -2.30. The van der Waals surface area contributed by atoms with Gasteiger partial charge in [0.15, 0.2) is 0 Å². The van der Waals surface area contributed by atoms with Gasteiger partial charge in [-0.25, -0.2) is 0 Å². The minimum absolute atomic E-state index is 0.134. The second kappa shape index (κ2) is 6.40. The van der Waals surface area contributed by atoms with E-state index in [-0.39, 0.29) is 5.75 Å². The Hall–Kier alpha value is -1.67. The number of hydrogen-bond donors (Lipinski definition) is 2. The summed E-state index contributed by atoms with van der Waals surface area (Å²) in [6.45, 7) is 0. The van der Waals surface area contributed by atoms with E-state index in [9.17, 15) is 5.11 Å². The molecule has 0 atom stereocenters. The maximum atomic E-state index is 9.45. The average molecular weight is 302 g/mol. The van der Waals surface area contributed by atoms with Crippen LogP contribution in [0.1, 0.15) is 37.2 Å². The molecule has 0 spiro atoms. The molecule has 1 aliphatic rings. The van der Waals surface area contributed by atoms with Gasteiger partial charge < -0.3 is 10.4 Å². The molecule has 0 aromatic heterocycles. The zero-order valence-corrected chi connectivity index (χ0v) is 12.7. The number of benzene rings is 2. The molecular weight excluding hydrogens is 282 g/mol. The van der Waals surface area contributed by atoms with Crippen LogP contribution >= 0.6 is 11.6 Å². The van der Waals surface area contributed by atoms with Gasteiger partial charge in [-0.15, -0.1) is 0 Å². The number of phenols is 1. The van der Waals surface area contributed by atoms with E-state index in [0.29, 0.717) is 17.0 Å². The van der Waals surface area contributed by atoms with Gasteiger partial charge in [0.2, 0.25) is 0 Å². The summed E-state index contributed by atoms with van der Waals surface area (Å²) in [7, 11) is 0. The summed E-state index contributed by atoms with van der Waals surface area (Å²) >= 11 is 5.94. The van der Waals surface area contributed by atoms with Crippen LogP contribution in [-0.4, -0.2) is 11.1 Å². The lowest BCUT2D eigenvalue weighted by atomic mass is 9.82. The van der Waals surface area contributed by atoms with Gasteiger partial charge in [-0.3, -0.25) is 0 Å². The van der Waals surface area contributed by atoms with Crippen LogP contribution in [0.25, 0.3) is 0 Å². The van der Waals surface area contributed by atoms with Crippen LogP contribution in [0.2, 0.25) is 5.02 Å². The van der Waals surface area contributed by atoms with E-state index in [1.54, 1.807) is 12.1 Å². The summed E-state index contributed by atoms with van der Waals surface area (Å²) in [5.74, 6) is 0.822. The third kappa shape index (κ3) is 3.51. The van der Waals surface area contributed by atoms with E-state index in [4.69, 9.17) is 11.6 Å². The Kier molecular flexibility index (Phi) is 4.35. The molecule has 3 heteroatoms. The third-order valence-electron chi connectivity index (χ3n) is 4.32. The second-order valence-electron chi connectivity index (χ2n) is 5.77. The molecule has 1 fully saturated rings. The number of halogens is 1. The number of rotatable bonds is 3. The van der Waals surface area contributed by atoms with Gasteiger partial charge in [0.05, 0.1) is 5.02 Å². The lowest BCUT2D eigenvalue weighted by molar-refractivity contribution is 0.412. The normalized spacial score (nSPS) is 22.0. The molecule has 1 aliphatic carbocycles. The molecule has 0 saturated heterocycles. The summed E-state index contributed by atoms with van der Waals surface area (Å²) < 4.78 is 0. The first-order chi connectivity index (χ1) is 10.2. The third-order valence-corrected chi connectivity index (χ3v) is 4.62. The maximum Gasteiger partial charge on any atom is 0.134 e. The molecule has 2 N–H and O–H groups in total. The molecule has 0 amide bonds. The standard InChI is InChI=1S/C18H20ClNO/c19-17-12-16(10-11-18(17)21)20-15-8-6-14(7-9-15)13-4-2-1-3-5-13/h1-5,10-12,14-15,20-21H,6-9H2. The van der Waals surface area contributed by atoms with Gasteiger partial charge in [-0.05, 0) is 55.4 Å². The number of phenolic OH excluding ortho intramolecular Hbond substituents is 1. The van der Waals surface area contributed by atoms with Gasteiger partial charge in [0.1, 0.15) is 5.75 Å². The highest BCUT2D eigenvalue weighted by molar-refractivity contribution is 6.32. The molecule has 21 heavy (non-hydrogen) atoms. The average Bonchev–Trinajstić information content (AvgIpc) is 2.53. The van der Waals surface area contributed by atoms with Crippen LogP contribution in [0.4, 0.5) is 5.69 Å². The quantitative estimate of drug-likeness (QED) is 0.765. The first kappa shape index (κ1) is 14.3. The van der Waals surface area contributed by atoms with Crippen LogP contribution in [-0.2, 0) is 0 Å². The summed E-state index contributed by atoms with van der Waals surface area (Å²) in [4.78, 5) is 0. The molecule has 0 bridgehead atoms. The van der Waals surface area contributed by atoms with Crippen LogP contribution < -0.4 is 5.32 Å².